The molecule has 1 atom stereocenters. The van der Waals surface area contributed by atoms with E-state index in [1.807, 2.05) is 0 Å². The molecule has 0 N–H and O–H groups in total. The van der Waals surface area contributed by atoms with Crippen molar-refractivity contribution in [2.45, 2.75) is 32.1 Å². The number of carbonyl (C=O) groups is 1. The molecule has 0 bridgehead atoms. The van der Waals surface area contributed by atoms with Crippen molar-refractivity contribution in [3.05, 3.63) is 53.6 Å². The number of carbonyl (C=O) groups excluding carboxylic acids is 1. The smallest absolute Gasteiger partial charge is 0.387 e. The number of halogens is 2. The van der Waals surface area contributed by atoms with E-state index in [4.69, 9.17) is 14.2 Å². The highest BCUT2D eigenvalue weighted by atomic mass is 19.3. The number of nitrogens with zero attached hydrogens (tertiary/aromatic N) is 1. The quantitative estimate of drug-likeness (QED) is 0.610. The first-order valence-electron chi connectivity index (χ1n) is 9.68. The molecule has 1 fully saturated rings. The van der Waals surface area contributed by atoms with Crippen LogP contribution in [0.3, 0.4) is 0 Å². The van der Waals surface area contributed by atoms with Gasteiger partial charge in [0.05, 0.1) is 13.2 Å². The van der Waals surface area contributed by atoms with Gasteiger partial charge in [-0.2, -0.15) is 8.78 Å². The van der Waals surface area contributed by atoms with Crippen LogP contribution in [0.15, 0.2) is 42.5 Å². The van der Waals surface area contributed by atoms with Crippen molar-refractivity contribution in [3.8, 4) is 17.2 Å². The summed E-state index contributed by atoms with van der Waals surface area (Å²) in [6.45, 7) is -1.45. The van der Waals surface area contributed by atoms with Crippen molar-refractivity contribution in [3.63, 3.8) is 0 Å². The molecular weight excluding hydrogens is 396 g/mol. The molecule has 162 valence electrons. The van der Waals surface area contributed by atoms with E-state index in [1.165, 1.54) is 18.1 Å². The summed E-state index contributed by atoms with van der Waals surface area (Å²) >= 11 is 0. The fourth-order valence-electron chi connectivity index (χ4n) is 3.25. The number of benzene rings is 2. The second kappa shape index (κ2) is 10.2. The molecular formula is C22H25F2NO5. The van der Waals surface area contributed by atoms with Gasteiger partial charge in [0.25, 0.3) is 5.91 Å². The molecule has 0 spiro atoms. The molecule has 1 unspecified atom stereocenters. The molecule has 6 nitrogen and oxygen atoms in total. The Labute approximate surface area is 174 Å². The van der Waals surface area contributed by atoms with Crippen molar-refractivity contribution >= 4 is 5.91 Å². The number of ether oxygens (including phenoxy) is 4. The van der Waals surface area contributed by atoms with Crippen LogP contribution >= 0.6 is 0 Å². The van der Waals surface area contributed by atoms with Crippen molar-refractivity contribution in [2.75, 3.05) is 27.4 Å². The second-order valence-electron chi connectivity index (χ2n) is 7.00. The van der Waals surface area contributed by atoms with Gasteiger partial charge in [0, 0.05) is 25.8 Å². The predicted molar refractivity (Wildman–Crippen MR) is 106 cm³/mol. The highest BCUT2D eigenvalue weighted by Gasteiger charge is 2.18. The normalized spacial score (nSPS) is 15.8. The molecule has 0 radical (unpaired) electrons. The molecule has 8 heteroatoms. The van der Waals surface area contributed by atoms with Gasteiger partial charge in [-0.15, -0.1) is 0 Å². The Hall–Kier alpha value is -2.87. The van der Waals surface area contributed by atoms with Crippen LogP contribution in [0.4, 0.5) is 8.78 Å². The zero-order chi connectivity index (χ0) is 21.5. The Morgan fingerprint density at radius 1 is 1.23 bits per heavy atom. The third kappa shape index (κ3) is 5.82. The molecule has 1 aliphatic rings. The number of alkyl halides is 2. The van der Waals surface area contributed by atoms with E-state index in [-0.39, 0.29) is 30.1 Å². The molecule has 0 aliphatic carbocycles. The standard InChI is InChI=1S/C22H25F2NO5/c1-25(13-15-8-9-19(30-22(23)24)20(11-15)27-2)21(26)16-5-3-6-17(12-16)29-14-18-7-4-10-28-18/h3,5-6,8-9,11-12,18,22H,4,7,10,13-14H2,1-2H3. The van der Waals surface area contributed by atoms with Gasteiger partial charge in [-0.25, -0.2) is 0 Å². The lowest BCUT2D eigenvalue weighted by Gasteiger charge is -2.19. The van der Waals surface area contributed by atoms with Crippen LogP contribution in [-0.4, -0.2) is 50.9 Å². The van der Waals surface area contributed by atoms with Crippen LogP contribution in [0, 0.1) is 0 Å². The van der Waals surface area contributed by atoms with Crippen molar-refractivity contribution in [1.82, 2.24) is 4.90 Å². The fraction of sp³-hybridized carbons (Fsp3) is 0.409. The highest BCUT2D eigenvalue weighted by Crippen LogP contribution is 2.30. The number of hydrogen-bond donors (Lipinski definition) is 0. The Morgan fingerprint density at radius 3 is 2.77 bits per heavy atom. The molecule has 1 aliphatic heterocycles. The average molecular weight is 421 g/mol. The Bertz CT molecular complexity index is 855. The van der Waals surface area contributed by atoms with E-state index in [0.717, 1.165) is 25.0 Å². The van der Waals surface area contributed by atoms with Gasteiger partial charge in [-0.3, -0.25) is 4.79 Å². The maximum atomic E-state index is 12.8. The first-order chi connectivity index (χ1) is 14.5. The van der Waals surface area contributed by atoms with Crippen LogP contribution in [0.5, 0.6) is 17.2 Å². The first kappa shape index (κ1) is 21.8. The number of hydrogen-bond acceptors (Lipinski definition) is 5. The maximum absolute atomic E-state index is 12.8. The maximum Gasteiger partial charge on any atom is 0.387 e. The van der Waals surface area contributed by atoms with Gasteiger partial charge >= 0.3 is 6.61 Å². The monoisotopic (exact) mass is 421 g/mol. The van der Waals surface area contributed by atoms with Gasteiger partial charge in [0.1, 0.15) is 12.4 Å². The van der Waals surface area contributed by atoms with E-state index in [9.17, 15) is 13.6 Å². The molecule has 3 rings (SSSR count). The molecule has 1 saturated heterocycles. The van der Waals surface area contributed by atoms with Crippen molar-refractivity contribution < 1.29 is 32.5 Å². The zero-order valence-corrected chi connectivity index (χ0v) is 17.0. The first-order valence-corrected chi connectivity index (χ1v) is 9.68. The van der Waals surface area contributed by atoms with E-state index < -0.39 is 6.61 Å². The minimum Gasteiger partial charge on any atom is -0.493 e. The highest BCUT2D eigenvalue weighted by molar-refractivity contribution is 5.94. The van der Waals surface area contributed by atoms with Crippen LogP contribution in [-0.2, 0) is 11.3 Å². The number of methoxy groups -OCH3 is 1. The molecule has 1 heterocycles. The summed E-state index contributed by atoms with van der Waals surface area (Å²) in [5.41, 5.74) is 1.21. The molecule has 0 saturated carbocycles. The summed E-state index contributed by atoms with van der Waals surface area (Å²) in [5.74, 6) is 0.545. The van der Waals surface area contributed by atoms with Crippen LogP contribution < -0.4 is 14.2 Å². The summed E-state index contributed by atoms with van der Waals surface area (Å²) < 4.78 is 45.8. The minimum atomic E-state index is -2.94. The van der Waals surface area contributed by atoms with Crippen molar-refractivity contribution in [2.24, 2.45) is 0 Å². The number of amides is 1. The summed E-state index contributed by atoms with van der Waals surface area (Å²) in [4.78, 5) is 14.3. The van der Waals surface area contributed by atoms with Gasteiger partial charge in [-0.1, -0.05) is 12.1 Å². The molecule has 2 aromatic rings. The largest absolute Gasteiger partial charge is 0.493 e. The van der Waals surface area contributed by atoms with Crippen LogP contribution in [0.25, 0.3) is 0 Å². The lowest BCUT2D eigenvalue weighted by Crippen LogP contribution is -2.26. The third-order valence-electron chi connectivity index (χ3n) is 4.75. The van der Waals surface area contributed by atoms with E-state index >= 15 is 0 Å². The molecule has 2 aromatic carbocycles. The molecule has 30 heavy (non-hydrogen) atoms. The van der Waals surface area contributed by atoms with Crippen LogP contribution in [0.1, 0.15) is 28.8 Å². The Kier molecular flexibility index (Phi) is 7.46. The van der Waals surface area contributed by atoms with E-state index in [1.54, 1.807) is 43.4 Å². The summed E-state index contributed by atoms with van der Waals surface area (Å²) in [5, 5.41) is 0. The van der Waals surface area contributed by atoms with E-state index in [2.05, 4.69) is 4.74 Å². The van der Waals surface area contributed by atoms with Crippen LogP contribution in [0.2, 0.25) is 0 Å². The predicted octanol–water partition coefficient (Wildman–Crippen LogP) is 4.13. The Balaban J connectivity index is 1.63. The summed E-state index contributed by atoms with van der Waals surface area (Å²) in [7, 11) is 3.03. The van der Waals surface area contributed by atoms with Crippen molar-refractivity contribution in [1.29, 1.82) is 0 Å². The molecule has 0 aromatic heterocycles. The summed E-state index contributed by atoms with van der Waals surface area (Å²) in [6, 6.07) is 11.6. The minimum absolute atomic E-state index is 0.0543. The average Bonchev–Trinajstić information content (AvgIpc) is 3.26. The van der Waals surface area contributed by atoms with Gasteiger partial charge in [-0.05, 0) is 48.7 Å². The van der Waals surface area contributed by atoms with Gasteiger partial charge < -0.3 is 23.8 Å². The SMILES string of the molecule is COc1cc(CN(C)C(=O)c2cccc(OCC3CCCO3)c2)ccc1OC(F)F. The third-order valence-corrected chi connectivity index (χ3v) is 4.75. The second-order valence-corrected chi connectivity index (χ2v) is 7.00. The lowest BCUT2D eigenvalue weighted by atomic mass is 10.1. The number of rotatable bonds is 9. The fourth-order valence-corrected chi connectivity index (χ4v) is 3.25. The zero-order valence-electron chi connectivity index (χ0n) is 17.0. The lowest BCUT2D eigenvalue weighted by molar-refractivity contribution is -0.0512. The Morgan fingerprint density at radius 2 is 2.07 bits per heavy atom. The topological polar surface area (TPSA) is 57.2 Å². The molecule has 1 amide bonds. The summed E-state index contributed by atoms with van der Waals surface area (Å²) in [6.07, 6.45) is 2.11. The van der Waals surface area contributed by atoms with Gasteiger partial charge in [0.2, 0.25) is 0 Å². The van der Waals surface area contributed by atoms with E-state index in [0.29, 0.717) is 17.9 Å². The van der Waals surface area contributed by atoms with Gasteiger partial charge in [0.15, 0.2) is 11.5 Å².